The molecule has 7 heteroatoms. The number of ether oxygens (including phenoxy) is 1. The van der Waals surface area contributed by atoms with Crippen molar-refractivity contribution in [1.82, 2.24) is 5.32 Å². The second-order valence-corrected chi connectivity index (χ2v) is 7.33. The molecule has 156 valence electrons. The predicted molar refractivity (Wildman–Crippen MR) is 112 cm³/mol. The minimum Gasteiger partial charge on any atom is -0.452 e. The van der Waals surface area contributed by atoms with Crippen LogP contribution in [0, 0.1) is 6.92 Å². The molecule has 0 bridgehead atoms. The first-order valence-corrected chi connectivity index (χ1v) is 9.88. The molecule has 3 amide bonds. The average molecular weight is 408 g/mol. The smallest absolute Gasteiger partial charge is 0.338 e. The van der Waals surface area contributed by atoms with Gasteiger partial charge in [-0.2, -0.15) is 0 Å². The topological polar surface area (TPSA) is 92.8 Å². The normalized spacial score (nSPS) is 13.8. The zero-order chi connectivity index (χ0) is 21.8. The Labute approximate surface area is 175 Å². The summed E-state index contributed by atoms with van der Waals surface area (Å²) in [6, 6.07) is 11.3. The van der Waals surface area contributed by atoms with Crippen LogP contribution < -0.4 is 10.2 Å². The van der Waals surface area contributed by atoms with Crippen LogP contribution in [0.4, 0.5) is 5.69 Å². The van der Waals surface area contributed by atoms with Crippen LogP contribution in [-0.2, 0) is 9.53 Å². The van der Waals surface area contributed by atoms with E-state index in [0.29, 0.717) is 5.69 Å². The molecule has 1 atom stereocenters. The maximum Gasteiger partial charge on any atom is 0.338 e. The highest BCUT2D eigenvalue weighted by atomic mass is 16.5. The van der Waals surface area contributed by atoms with Gasteiger partial charge in [-0.15, -0.1) is 0 Å². The van der Waals surface area contributed by atoms with Crippen molar-refractivity contribution >= 4 is 29.4 Å². The molecule has 0 aromatic heterocycles. The van der Waals surface area contributed by atoms with E-state index in [9.17, 15) is 19.2 Å². The molecule has 0 saturated carbocycles. The van der Waals surface area contributed by atoms with Crippen LogP contribution in [0.3, 0.4) is 0 Å². The Hall–Kier alpha value is -3.48. The average Bonchev–Trinajstić information content (AvgIpc) is 2.96. The first kappa shape index (κ1) is 21.2. The van der Waals surface area contributed by atoms with Crippen LogP contribution in [0.15, 0.2) is 42.5 Å². The SMILES string of the molecule is CCC[C@H](C)NC(=O)COC(=O)c1ccc2c(c1)C(=O)N(c1ccccc1C)C2=O. The Kier molecular flexibility index (Phi) is 6.30. The van der Waals surface area contributed by atoms with E-state index < -0.39 is 24.4 Å². The van der Waals surface area contributed by atoms with E-state index in [2.05, 4.69) is 5.32 Å². The summed E-state index contributed by atoms with van der Waals surface area (Å²) >= 11 is 0. The number of esters is 1. The Morgan fingerprint density at radius 3 is 2.47 bits per heavy atom. The number of hydrogen-bond acceptors (Lipinski definition) is 5. The van der Waals surface area contributed by atoms with Crippen molar-refractivity contribution in [2.45, 2.75) is 39.7 Å². The van der Waals surface area contributed by atoms with Gasteiger partial charge in [-0.3, -0.25) is 14.4 Å². The summed E-state index contributed by atoms with van der Waals surface area (Å²) < 4.78 is 5.06. The quantitative estimate of drug-likeness (QED) is 0.561. The summed E-state index contributed by atoms with van der Waals surface area (Å²) in [5.74, 6) is -2.05. The maximum atomic E-state index is 12.9. The molecule has 1 aliphatic heterocycles. The van der Waals surface area contributed by atoms with Crippen LogP contribution in [0.25, 0.3) is 0 Å². The van der Waals surface area contributed by atoms with E-state index in [-0.39, 0.29) is 28.6 Å². The van der Waals surface area contributed by atoms with Crippen LogP contribution in [0.2, 0.25) is 0 Å². The van der Waals surface area contributed by atoms with Crippen molar-refractivity contribution in [2.75, 3.05) is 11.5 Å². The van der Waals surface area contributed by atoms with Crippen molar-refractivity contribution in [2.24, 2.45) is 0 Å². The van der Waals surface area contributed by atoms with E-state index in [0.717, 1.165) is 23.3 Å². The summed E-state index contributed by atoms with van der Waals surface area (Å²) in [6.45, 7) is 5.30. The number of nitrogens with zero attached hydrogens (tertiary/aromatic N) is 1. The van der Waals surface area contributed by atoms with E-state index in [1.54, 1.807) is 12.1 Å². The van der Waals surface area contributed by atoms with Crippen molar-refractivity contribution in [3.05, 3.63) is 64.7 Å². The Morgan fingerprint density at radius 2 is 1.77 bits per heavy atom. The number of rotatable bonds is 7. The molecule has 30 heavy (non-hydrogen) atoms. The van der Waals surface area contributed by atoms with Gasteiger partial charge in [0.25, 0.3) is 17.7 Å². The molecule has 0 unspecified atom stereocenters. The van der Waals surface area contributed by atoms with Gasteiger partial charge in [0.15, 0.2) is 6.61 Å². The highest BCUT2D eigenvalue weighted by Gasteiger charge is 2.37. The lowest BCUT2D eigenvalue weighted by atomic mass is 10.1. The lowest BCUT2D eigenvalue weighted by molar-refractivity contribution is -0.124. The molecular formula is C23H24N2O5. The second kappa shape index (κ2) is 8.90. The second-order valence-electron chi connectivity index (χ2n) is 7.33. The van der Waals surface area contributed by atoms with Crippen molar-refractivity contribution in [3.63, 3.8) is 0 Å². The number of hydrogen-bond donors (Lipinski definition) is 1. The summed E-state index contributed by atoms with van der Waals surface area (Å²) in [7, 11) is 0. The lowest BCUT2D eigenvalue weighted by Crippen LogP contribution is -2.35. The zero-order valence-corrected chi connectivity index (χ0v) is 17.2. The third kappa shape index (κ3) is 4.25. The fourth-order valence-electron chi connectivity index (χ4n) is 3.44. The van der Waals surface area contributed by atoms with Crippen LogP contribution in [0.5, 0.6) is 0 Å². The maximum absolute atomic E-state index is 12.9. The van der Waals surface area contributed by atoms with Gasteiger partial charge >= 0.3 is 5.97 Å². The van der Waals surface area contributed by atoms with Crippen molar-refractivity contribution in [1.29, 1.82) is 0 Å². The lowest BCUT2D eigenvalue weighted by Gasteiger charge is -2.16. The van der Waals surface area contributed by atoms with Crippen LogP contribution in [0.1, 0.15) is 63.3 Å². The zero-order valence-electron chi connectivity index (χ0n) is 17.2. The van der Waals surface area contributed by atoms with Gasteiger partial charge in [0.05, 0.1) is 22.4 Å². The van der Waals surface area contributed by atoms with Crippen molar-refractivity contribution in [3.8, 4) is 0 Å². The van der Waals surface area contributed by atoms with Gasteiger partial charge in [0, 0.05) is 6.04 Å². The van der Waals surface area contributed by atoms with Gasteiger partial charge in [-0.05, 0) is 50.1 Å². The van der Waals surface area contributed by atoms with Gasteiger partial charge in [-0.25, -0.2) is 9.69 Å². The number of nitrogens with one attached hydrogen (secondary N) is 1. The molecule has 0 fully saturated rings. The predicted octanol–water partition coefficient (Wildman–Crippen LogP) is 3.26. The third-order valence-electron chi connectivity index (χ3n) is 4.94. The minimum absolute atomic E-state index is 0.00254. The number of amides is 3. The highest BCUT2D eigenvalue weighted by molar-refractivity contribution is 6.34. The first-order valence-electron chi connectivity index (χ1n) is 9.88. The van der Waals surface area contributed by atoms with E-state index in [1.165, 1.54) is 18.2 Å². The molecule has 7 nitrogen and oxygen atoms in total. The number of imide groups is 1. The summed E-state index contributed by atoms with van der Waals surface area (Å²) in [5, 5.41) is 2.75. The fraction of sp³-hybridized carbons (Fsp3) is 0.304. The molecule has 0 radical (unpaired) electrons. The minimum atomic E-state index is -0.731. The number of para-hydroxylation sites is 1. The Bertz CT molecular complexity index is 1010. The molecule has 1 N–H and O–H groups in total. The molecule has 0 spiro atoms. The number of aryl methyl sites for hydroxylation is 1. The Balaban J connectivity index is 1.73. The molecule has 0 saturated heterocycles. The highest BCUT2D eigenvalue weighted by Crippen LogP contribution is 2.31. The Morgan fingerprint density at radius 1 is 1.07 bits per heavy atom. The number of anilines is 1. The number of benzene rings is 2. The molecule has 3 rings (SSSR count). The number of carbonyl (C=O) groups is 4. The molecule has 2 aromatic carbocycles. The van der Waals surface area contributed by atoms with Gasteiger partial charge in [0.1, 0.15) is 0 Å². The molecule has 2 aromatic rings. The van der Waals surface area contributed by atoms with Gasteiger partial charge < -0.3 is 10.1 Å². The van der Waals surface area contributed by atoms with Gasteiger partial charge in [0.2, 0.25) is 0 Å². The van der Waals surface area contributed by atoms with Crippen LogP contribution >= 0.6 is 0 Å². The van der Waals surface area contributed by atoms with Crippen molar-refractivity contribution < 1.29 is 23.9 Å². The number of carbonyl (C=O) groups excluding carboxylic acids is 4. The monoisotopic (exact) mass is 408 g/mol. The molecular weight excluding hydrogens is 384 g/mol. The van der Waals surface area contributed by atoms with E-state index >= 15 is 0 Å². The van der Waals surface area contributed by atoms with E-state index in [4.69, 9.17) is 4.74 Å². The van der Waals surface area contributed by atoms with Gasteiger partial charge in [-0.1, -0.05) is 31.5 Å². The summed E-state index contributed by atoms with van der Waals surface area (Å²) in [5.41, 5.74) is 1.77. The standard InChI is InChI=1S/C23H24N2O5/c1-4-7-15(3)24-20(26)13-30-23(29)16-10-11-17-18(12-16)22(28)25(21(17)27)19-9-6-5-8-14(19)2/h5-6,8-12,15H,4,7,13H2,1-3H3,(H,24,26)/t15-/m0/s1. The molecule has 1 heterocycles. The summed E-state index contributed by atoms with van der Waals surface area (Å²) in [4.78, 5) is 51.0. The third-order valence-corrected chi connectivity index (χ3v) is 4.94. The molecule has 1 aliphatic rings. The first-order chi connectivity index (χ1) is 14.3. The fourth-order valence-corrected chi connectivity index (χ4v) is 3.44. The summed E-state index contributed by atoms with van der Waals surface area (Å²) in [6.07, 6.45) is 1.76. The van der Waals surface area contributed by atoms with E-state index in [1.807, 2.05) is 32.9 Å². The number of fused-ring (bicyclic) bond motifs is 1. The van der Waals surface area contributed by atoms with Crippen LogP contribution in [-0.4, -0.2) is 36.3 Å². The molecule has 0 aliphatic carbocycles. The largest absolute Gasteiger partial charge is 0.452 e.